The summed E-state index contributed by atoms with van der Waals surface area (Å²) in [6.45, 7) is 2.83. The summed E-state index contributed by atoms with van der Waals surface area (Å²) in [7, 11) is 2.13. The van der Waals surface area contributed by atoms with Gasteiger partial charge in [-0.3, -0.25) is 0 Å². The Balaban J connectivity index is 1.78. The Morgan fingerprint density at radius 3 is 3.05 bits per heavy atom. The van der Waals surface area contributed by atoms with Gasteiger partial charge >= 0.3 is 5.97 Å². The lowest BCUT2D eigenvalue weighted by Gasteiger charge is -2.31. The number of hydrogen-bond acceptors (Lipinski definition) is 4. The van der Waals surface area contributed by atoms with E-state index in [1.54, 1.807) is 18.2 Å². The summed E-state index contributed by atoms with van der Waals surface area (Å²) in [5, 5.41) is 12.5. The van der Waals surface area contributed by atoms with Gasteiger partial charge in [-0.05, 0) is 44.1 Å². The molecule has 1 fully saturated rings. The average molecular weight is 262 g/mol. The number of benzene rings is 1. The van der Waals surface area contributed by atoms with Crippen molar-refractivity contribution < 1.29 is 14.6 Å². The molecule has 5 heteroatoms. The van der Waals surface area contributed by atoms with Crippen molar-refractivity contribution in [2.75, 3.05) is 32.1 Å². The van der Waals surface area contributed by atoms with Crippen LogP contribution in [-0.4, -0.2) is 48.8 Å². The van der Waals surface area contributed by atoms with Crippen molar-refractivity contribution in [3.8, 4) is 5.75 Å². The zero-order chi connectivity index (χ0) is 13.4. The molecule has 0 saturated carbocycles. The second-order valence-electron chi connectivity index (χ2n) is 5.39. The van der Waals surface area contributed by atoms with Crippen LogP contribution in [0.2, 0.25) is 0 Å². The Morgan fingerprint density at radius 1 is 1.53 bits per heavy atom. The summed E-state index contributed by atoms with van der Waals surface area (Å²) in [5.74, 6) is 0.395. The van der Waals surface area contributed by atoms with Crippen molar-refractivity contribution in [1.82, 2.24) is 4.90 Å². The zero-order valence-corrected chi connectivity index (χ0v) is 10.9. The Labute approximate surface area is 112 Å². The molecular formula is C14H18N2O3. The topological polar surface area (TPSA) is 61.8 Å². The third-order valence-electron chi connectivity index (χ3n) is 3.98. The number of carbonyl (C=O) groups is 1. The van der Waals surface area contributed by atoms with Crippen molar-refractivity contribution >= 4 is 11.7 Å². The van der Waals surface area contributed by atoms with Crippen LogP contribution in [-0.2, 0) is 0 Å². The molecular weight excluding hydrogens is 244 g/mol. The minimum atomic E-state index is -0.910. The number of carboxylic acid groups (broad SMARTS) is 1. The van der Waals surface area contributed by atoms with Gasteiger partial charge in [0.25, 0.3) is 0 Å². The first-order valence-corrected chi connectivity index (χ1v) is 6.58. The monoisotopic (exact) mass is 262 g/mol. The van der Waals surface area contributed by atoms with Crippen molar-refractivity contribution in [3.05, 3.63) is 23.8 Å². The van der Waals surface area contributed by atoms with Crippen LogP contribution in [0.15, 0.2) is 18.2 Å². The molecule has 2 aliphatic rings. The molecule has 2 aliphatic heterocycles. The molecule has 2 atom stereocenters. The highest BCUT2D eigenvalue weighted by Crippen LogP contribution is 2.33. The largest absolute Gasteiger partial charge is 0.489 e. The number of hydrogen-bond donors (Lipinski definition) is 2. The Hall–Kier alpha value is -1.75. The second-order valence-corrected chi connectivity index (χ2v) is 5.39. The van der Waals surface area contributed by atoms with Crippen LogP contribution in [0.5, 0.6) is 5.75 Å². The maximum absolute atomic E-state index is 11.0. The fraction of sp³-hybridized carbons (Fsp3) is 0.500. The van der Waals surface area contributed by atoms with Crippen LogP contribution >= 0.6 is 0 Å². The maximum atomic E-state index is 11.0. The normalized spacial score (nSPS) is 26.4. The van der Waals surface area contributed by atoms with E-state index in [1.807, 2.05) is 0 Å². The van der Waals surface area contributed by atoms with E-state index in [0.717, 1.165) is 30.9 Å². The molecule has 2 unspecified atom stereocenters. The number of fused-ring (bicyclic) bond motifs is 1. The molecule has 102 valence electrons. The minimum absolute atomic E-state index is 0.265. The summed E-state index contributed by atoms with van der Waals surface area (Å²) in [4.78, 5) is 13.3. The summed E-state index contributed by atoms with van der Waals surface area (Å²) in [6.07, 6.45) is 1.16. The smallest absolute Gasteiger partial charge is 0.335 e. The first-order chi connectivity index (χ1) is 9.13. The molecule has 0 spiro atoms. The average Bonchev–Trinajstić information content (AvgIpc) is 2.84. The highest BCUT2D eigenvalue weighted by Gasteiger charge is 2.31. The van der Waals surface area contributed by atoms with E-state index in [0.29, 0.717) is 18.1 Å². The molecule has 0 radical (unpaired) electrons. The van der Waals surface area contributed by atoms with Gasteiger partial charge in [-0.2, -0.15) is 0 Å². The van der Waals surface area contributed by atoms with Crippen LogP contribution in [0, 0.1) is 5.92 Å². The standard InChI is InChI=1S/C14H18N2O3/c1-16-5-4-10(7-16)12-8-19-13-3-2-9(14(17)18)6-11(13)15-12/h2-3,6,10,12,15H,4-5,7-8H2,1H3,(H,17,18). The van der Waals surface area contributed by atoms with Crippen molar-refractivity contribution in [2.45, 2.75) is 12.5 Å². The van der Waals surface area contributed by atoms with Gasteiger partial charge in [-0.1, -0.05) is 0 Å². The number of anilines is 1. The minimum Gasteiger partial charge on any atom is -0.489 e. The van der Waals surface area contributed by atoms with Crippen LogP contribution in [0.4, 0.5) is 5.69 Å². The SMILES string of the molecule is CN1CCC(C2COc3ccc(C(=O)O)cc3N2)C1. The third kappa shape index (κ3) is 2.38. The van der Waals surface area contributed by atoms with Gasteiger partial charge in [0.15, 0.2) is 0 Å². The fourth-order valence-corrected chi connectivity index (χ4v) is 2.87. The number of nitrogens with zero attached hydrogens (tertiary/aromatic N) is 1. The first-order valence-electron chi connectivity index (χ1n) is 6.58. The first kappa shape index (κ1) is 12.3. The summed E-state index contributed by atoms with van der Waals surface area (Å²) >= 11 is 0. The fourth-order valence-electron chi connectivity index (χ4n) is 2.87. The van der Waals surface area contributed by atoms with E-state index >= 15 is 0 Å². The van der Waals surface area contributed by atoms with Gasteiger partial charge in [-0.15, -0.1) is 0 Å². The Bertz CT molecular complexity index is 503. The molecule has 0 aromatic heterocycles. The highest BCUT2D eigenvalue weighted by molar-refractivity contribution is 5.89. The summed E-state index contributed by atoms with van der Waals surface area (Å²) in [5.41, 5.74) is 1.09. The summed E-state index contributed by atoms with van der Waals surface area (Å²) < 4.78 is 5.74. The van der Waals surface area contributed by atoms with Crippen molar-refractivity contribution in [3.63, 3.8) is 0 Å². The Kier molecular flexibility index (Phi) is 3.06. The molecule has 0 bridgehead atoms. The molecule has 2 heterocycles. The number of rotatable bonds is 2. The van der Waals surface area contributed by atoms with E-state index in [1.165, 1.54) is 0 Å². The predicted molar refractivity (Wildman–Crippen MR) is 71.9 cm³/mol. The van der Waals surface area contributed by atoms with Gasteiger partial charge < -0.3 is 20.1 Å². The molecule has 19 heavy (non-hydrogen) atoms. The maximum Gasteiger partial charge on any atom is 0.335 e. The van der Waals surface area contributed by atoms with E-state index in [9.17, 15) is 4.79 Å². The number of aromatic carboxylic acids is 1. The molecule has 3 rings (SSSR count). The van der Waals surface area contributed by atoms with Crippen molar-refractivity contribution in [2.24, 2.45) is 5.92 Å². The molecule has 5 nitrogen and oxygen atoms in total. The number of carboxylic acids is 1. The lowest BCUT2D eigenvalue weighted by atomic mass is 9.98. The van der Waals surface area contributed by atoms with Crippen LogP contribution in [0.25, 0.3) is 0 Å². The van der Waals surface area contributed by atoms with Crippen molar-refractivity contribution in [1.29, 1.82) is 0 Å². The lowest BCUT2D eigenvalue weighted by Crippen LogP contribution is -2.39. The van der Waals surface area contributed by atoms with Gasteiger partial charge in [-0.25, -0.2) is 4.79 Å². The van der Waals surface area contributed by atoms with Gasteiger partial charge in [0.2, 0.25) is 0 Å². The van der Waals surface area contributed by atoms with E-state index in [4.69, 9.17) is 9.84 Å². The second kappa shape index (κ2) is 4.74. The van der Waals surface area contributed by atoms with Crippen LogP contribution in [0.3, 0.4) is 0 Å². The van der Waals surface area contributed by atoms with Gasteiger partial charge in [0.1, 0.15) is 12.4 Å². The van der Waals surface area contributed by atoms with E-state index in [2.05, 4.69) is 17.3 Å². The molecule has 2 N–H and O–H groups in total. The number of likely N-dealkylation sites (tertiary alicyclic amines) is 1. The molecule has 0 aliphatic carbocycles. The van der Waals surface area contributed by atoms with Gasteiger partial charge in [0.05, 0.1) is 17.3 Å². The van der Waals surface area contributed by atoms with E-state index < -0.39 is 5.97 Å². The predicted octanol–water partition coefficient (Wildman–Crippen LogP) is 1.51. The Morgan fingerprint density at radius 2 is 2.37 bits per heavy atom. The lowest BCUT2D eigenvalue weighted by molar-refractivity contribution is 0.0697. The zero-order valence-electron chi connectivity index (χ0n) is 10.9. The third-order valence-corrected chi connectivity index (χ3v) is 3.98. The molecule has 1 aromatic rings. The quantitative estimate of drug-likeness (QED) is 0.846. The van der Waals surface area contributed by atoms with Crippen LogP contribution < -0.4 is 10.1 Å². The van der Waals surface area contributed by atoms with Crippen LogP contribution in [0.1, 0.15) is 16.8 Å². The molecule has 1 saturated heterocycles. The molecule has 0 amide bonds. The molecule has 1 aromatic carbocycles. The number of nitrogens with one attached hydrogen (secondary N) is 1. The van der Waals surface area contributed by atoms with Gasteiger partial charge in [0, 0.05) is 6.54 Å². The van der Waals surface area contributed by atoms with E-state index in [-0.39, 0.29) is 6.04 Å². The number of ether oxygens (including phenoxy) is 1. The summed E-state index contributed by atoms with van der Waals surface area (Å²) in [6, 6.07) is 5.22. The highest BCUT2D eigenvalue weighted by atomic mass is 16.5.